The van der Waals surface area contributed by atoms with Crippen molar-refractivity contribution in [3.05, 3.63) is 54.4 Å². The number of carbonyl (C=O) groups excluding carboxylic acids is 1. The number of thioether (sulfide) groups is 1. The van der Waals surface area contributed by atoms with Crippen molar-refractivity contribution < 1.29 is 13.6 Å². The number of hydrogen-bond acceptors (Lipinski definition) is 4. The summed E-state index contributed by atoms with van der Waals surface area (Å²) in [5.74, 6) is -2.89. The molecule has 0 aliphatic rings. The van der Waals surface area contributed by atoms with Gasteiger partial charge in [-0.1, -0.05) is 18.2 Å². The number of para-hydroxylation sites is 2. The second kappa shape index (κ2) is 7.60. The van der Waals surface area contributed by atoms with E-state index in [0.29, 0.717) is 22.8 Å². The molecule has 3 rings (SSSR count). The molecule has 3 aromatic rings. The van der Waals surface area contributed by atoms with Crippen molar-refractivity contribution in [1.82, 2.24) is 19.9 Å². The van der Waals surface area contributed by atoms with Gasteiger partial charge in [-0.05, 0) is 42.4 Å². The highest BCUT2D eigenvalue weighted by Crippen LogP contribution is 2.28. The second-order valence-electron chi connectivity index (χ2n) is 5.42. The Hall–Kier alpha value is -2.48. The van der Waals surface area contributed by atoms with E-state index in [0.717, 1.165) is 5.56 Å². The van der Waals surface area contributed by atoms with E-state index in [2.05, 4.69) is 15.3 Å². The summed E-state index contributed by atoms with van der Waals surface area (Å²) in [6.45, 7) is 1.76. The predicted octanol–water partition coefficient (Wildman–Crippen LogP) is 3.62. The average Bonchev–Trinajstić information content (AvgIpc) is 2.92. The van der Waals surface area contributed by atoms with Crippen LogP contribution in [0.25, 0.3) is 11.0 Å². The lowest BCUT2D eigenvalue weighted by Gasteiger charge is -2.15. The van der Waals surface area contributed by atoms with Crippen molar-refractivity contribution in [3.8, 4) is 0 Å². The number of fused-ring (bicyclic) bond motifs is 1. The average molecular weight is 362 g/mol. The van der Waals surface area contributed by atoms with Crippen LogP contribution >= 0.6 is 11.8 Å². The number of carbonyl (C=O) groups is 1. The van der Waals surface area contributed by atoms with Crippen LogP contribution < -0.4 is 5.32 Å². The van der Waals surface area contributed by atoms with E-state index < -0.39 is 5.76 Å². The number of benzene rings is 1. The van der Waals surface area contributed by atoms with Crippen LogP contribution in [0.3, 0.4) is 0 Å². The van der Waals surface area contributed by atoms with Crippen LogP contribution in [0.4, 0.5) is 8.78 Å². The first-order valence-corrected chi connectivity index (χ1v) is 8.52. The van der Waals surface area contributed by atoms with Gasteiger partial charge in [0, 0.05) is 12.4 Å². The van der Waals surface area contributed by atoms with Gasteiger partial charge in [0.1, 0.15) is 6.54 Å². The van der Waals surface area contributed by atoms with Crippen molar-refractivity contribution in [2.45, 2.75) is 30.4 Å². The second-order valence-corrected chi connectivity index (χ2v) is 6.38. The number of alkyl halides is 2. The maximum absolute atomic E-state index is 12.8. The fraction of sp³-hybridized carbons (Fsp3) is 0.235. The molecule has 0 saturated heterocycles. The van der Waals surface area contributed by atoms with Crippen LogP contribution in [-0.4, -0.2) is 26.2 Å². The Kier molecular flexibility index (Phi) is 5.28. The number of halogens is 2. The molecular formula is C17H16F2N4OS. The van der Waals surface area contributed by atoms with Crippen LogP contribution in [0.2, 0.25) is 0 Å². The Morgan fingerprint density at radius 1 is 1.28 bits per heavy atom. The molecule has 0 radical (unpaired) electrons. The highest BCUT2D eigenvalue weighted by molar-refractivity contribution is 7.99. The van der Waals surface area contributed by atoms with E-state index in [1.54, 1.807) is 42.7 Å². The standard InChI is InChI=1S/C17H16F2N4OS/c1-11(12-5-4-8-20-9-12)21-15(24)10-23-14-7-3-2-6-13(14)22-17(23)25-16(18)19/h2-9,11,16H,10H2,1H3,(H,21,24). The third-order valence-corrected chi connectivity index (χ3v) is 4.38. The molecule has 0 saturated carbocycles. The highest BCUT2D eigenvalue weighted by atomic mass is 32.2. The monoisotopic (exact) mass is 362 g/mol. The zero-order valence-electron chi connectivity index (χ0n) is 13.4. The Morgan fingerprint density at radius 2 is 2.08 bits per heavy atom. The van der Waals surface area contributed by atoms with Gasteiger partial charge in [0.15, 0.2) is 5.16 Å². The lowest BCUT2D eigenvalue weighted by molar-refractivity contribution is -0.122. The number of hydrogen-bond donors (Lipinski definition) is 1. The number of rotatable bonds is 6. The van der Waals surface area contributed by atoms with Crippen molar-refractivity contribution >= 4 is 28.7 Å². The van der Waals surface area contributed by atoms with Crippen LogP contribution in [-0.2, 0) is 11.3 Å². The molecule has 0 spiro atoms. The molecule has 1 N–H and O–H groups in total. The quantitative estimate of drug-likeness (QED) is 0.681. The molecule has 2 heterocycles. The van der Waals surface area contributed by atoms with Gasteiger partial charge in [0.05, 0.1) is 17.1 Å². The van der Waals surface area contributed by atoms with Gasteiger partial charge in [-0.15, -0.1) is 0 Å². The van der Waals surface area contributed by atoms with Gasteiger partial charge < -0.3 is 9.88 Å². The Morgan fingerprint density at radius 3 is 2.80 bits per heavy atom. The molecule has 25 heavy (non-hydrogen) atoms. The number of nitrogens with one attached hydrogen (secondary N) is 1. The molecule has 1 atom stereocenters. The van der Waals surface area contributed by atoms with E-state index >= 15 is 0 Å². The fourth-order valence-electron chi connectivity index (χ4n) is 2.52. The molecule has 0 aliphatic heterocycles. The molecule has 1 amide bonds. The molecule has 0 aliphatic carbocycles. The van der Waals surface area contributed by atoms with Crippen LogP contribution in [0, 0.1) is 0 Å². The van der Waals surface area contributed by atoms with E-state index in [9.17, 15) is 13.6 Å². The lowest BCUT2D eigenvalue weighted by atomic mass is 10.1. The van der Waals surface area contributed by atoms with Crippen molar-refractivity contribution in [2.75, 3.05) is 0 Å². The van der Waals surface area contributed by atoms with Crippen LogP contribution in [0.15, 0.2) is 53.9 Å². The summed E-state index contributed by atoms with van der Waals surface area (Å²) in [4.78, 5) is 20.6. The molecule has 0 bridgehead atoms. The number of amides is 1. The van der Waals surface area contributed by atoms with E-state index in [1.807, 2.05) is 13.0 Å². The minimum absolute atomic E-state index is 0.0832. The summed E-state index contributed by atoms with van der Waals surface area (Å²) in [6.07, 6.45) is 3.33. The highest BCUT2D eigenvalue weighted by Gasteiger charge is 2.18. The summed E-state index contributed by atoms with van der Waals surface area (Å²) < 4.78 is 27.1. The predicted molar refractivity (Wildman–Crippen MR) is 92.4 cm³/mol. The minimum Gasteiger partial charge on any atom is -0.348 e. The lowest BCUT2D eigenvalue weighted by Crippen LogP contribution is -2.30. The van der Waals surface area contributed by atoms with E-state index in [4.69, 9.17) is 0 Å². The maximum atomic E-state index is 12.8. The third kappa shape index (κ3) is 4.14. The number of pyridine rings is 1. The Labute approximate surface area is 147 Å². The molecule has 5 nitrogen and oxygen atoms in total. The van der Waals surface area contributed by atoms with Crippen molar-refractivity contribution in [2.24, 2.45) is 0 Å². The molecular weight excluding hydrogens is 346 g/mol. The SMILES string of the molecule is CC(NC(=O)Cn1c(SC(F)F)nc2ccccc21)c1cccnc1. The van der Waals surface area contributed by atoms with Crippen LogP contribution in [0.5, 0.6) is 0 Å². The number of nitrogens with zero attached hydrogens (tertiary/aromatic N) is 3. The molecule has 2 aromatic heterocycles. The zero-order chi connectivity index (χ0) is 17.8. The Balaban J connectivity index is 1.80. The van der Waals surface area contributed by atoms with Gasteiger partial charge in [-0.3, -0.25) is 9.78 Å². The summed E-state index contributed by atoms with van der Waals surface area (Å²) in [6, 6.07) is 10.5. The van der Waals surface area contributed by atoms with Gasteiger partial charge in [0.25, 0.3) is 5.76 Å². The molecule has 1 unspecified atom stereocenters. The molecule has 130 valence electrons. The molecule has 1 aromatic carbocycles. The van der Waals surface area contributed by atoms with Gasteiger partial charge in [0.2, 0.25) is 5.91 Å². The maximum Gasteiger partial charge on any atom is 0.291 e. The van der Waals surface area contributed by atoms with E-state index in [1.165, 1.54) is 4.57 Å². The summed E-state index contributed by atoms with van der Waals surface area (Å²) in [5.41, 5.74) is 2.10. The molecule has 0 fully saturated rings. The van der Waals surface area contributed by atoms with Gasteiger partial charge >= 0.3 is 0 Å². The van der Waals surface area contributed by atoms with Gasteiger partial charge in [-0.2, -0.15) is 8.78 Å². The first-order chi connectivity index (χ1) is 12.0. The zero-order valence-corrected chi connectivity index (χ0v) is 14.2. The van der Waals surface area contributed by atoms with Crippen molar-refractivity contribution in [1.29, 1.82) is 0 Å². The van der Waals surface area contributed by atoms with Crippen LogP contribution in [0.1, 0.15) is 18.5 Å². The number of imidazole rings is 1. The van der Waals surface area contributed by atoms with Crippen molar-refractivity contribution in [3.63, 3.8) is 0 Å². The molecule has 8 heteroatoms. The fourth-order valence-corrected chi connectivity index (χ4v) is 3.12. The summed E-state index contributed by atoms with van der Waals surface area (Å²) in [7, 11) is 0. The third-order valence-electron chi connectivity index (χ3n) is 3.68. The van der Waals surface area contributed by atoms with Gasteiger partial charge in [-0.25, -0.2) is 4.98 Å². The smallest absolute Gasteiger partial charge is 0.291 e. The summed E-state index contributed by atoms with van der Waals surface area (Å²) in [5, 5.41) is 2.98. The minimum atomic E-state index is -2.60. The number of aromatic nitrogens is 3. The normalized spacial score (nSPS) is 12.5. The largest absolute Gasteiger partial charge is 0.348 e. The topological polar surface area (TPSA) is 59.8 Å². The first kappa shape index (κ1) is 17.3. The van der Waals surface area contributed by atoms with E-state index in [-0.39, 0.29) is 23.7 Å². The first-order valence-electron chi connectivity index (χ1n) is 7.64. The Bertz CT molecular complexity index is 869. The summed E-state index contributed by atoms with van der Waals surface area (Å²) >= 11 is 0.337.